The van der Waals surface area contributed by atoms with E-state index in [1.165, 1.54) is 25.0 Å². The summed E-state index contributed by atoms with van der Waals surface area (Å²) in [5, 5.41) is 10.0. The number of hydrogen-bond acceptors (Lipinski definition) is 3. The predicted octanol–water partition coefficient (Wildman–Crippen LogP) is 5.06. The molecule has 0 saturated carbocycles. The number of fused-ring (bicyclic) bond motifs is 1. The zero-order chi connectivity index (χ0) is 18.7. The number of carbonyl (C=O) groups excluding carboxylic acids is 2. The molecule has 0 aliphatic heterocycles. The Morgan fingerprint density at radius 2 is 1.54 bits per heavy atom. The van der Waals surface area contributed by atoms with Gasteiger partial charge in [-0.25, -0.2) is 0 Å². The molecule has 1 aromatic rings. The second-order valence-corrected chi connectivity index (χ2v) is 9.08. The van der Waals surface area contributed by atoms with Crippen molar-refractivity contribution < 1.29 is 14.7 Å². The molecule has 0 bridgehead atoms. The summed E-state index contributed by atoms with van der Waals surface area (Å²) >= 11 is 0. The molecule has 0 amide bonds. The lowest BCUT2D eigenvalue weighted by Crippen LogP contribution is -2.34. The maximum Gasteiger partial charge on any atom is 0.163 e. The van der Waals surface area contributed by atoms with E-state index in [0.29, 0.717) is 5.56 Å². The van der Waals surface area contributed by atoms with Crippen LogP contribution >= 0.6 is 16.8 Å². The first-order valence-corrected chi connectivity index (χ1v) is 10.6. The molecule has 0 heterocycles. The van der Waals surface area contributed by atoms with Crippen LogP contribution < -0.4 is 0 Å². The minimum absolute atomic E-state index is 0.0671. The lowest BCUT2D eigenvalue weighted by atomic mass is 9.63. The molecule has 1 unspecified atom stereocenters. The van der Waals surface area contributed by atoms with E-state index in [9.17, 15) is 14.7 Å². The van der Waals surface area contributed by atoms with Crippen LogP contribution in [0, 0.1) is 0 Å². The highest BCUT2D eigenvalue weighted by molar-refractivity contribution is 8.02. The molecular formula is C19H28O3P2. The van der Waals surface area contributed by atoms with Crippen LogP contribution in [0.2, 0.25) is 0 Å². The average Bonchev–Trinajstić information content (AvgIpc) is 2.44. The maximum absolute atomic E-state index is 11.6. The van der Waals surface area contributed by atoms with Crippen molar-refractivity contribution in [2.45, 2.75) is 65.2 Å². The first-order valence-electron chi connectivity index (χ1n) is 8.05. The SMILES string of the molecule is CC(=O)C=PP.CC(=O)c1cc2c(cc1O)C(C)(C)CCC2(C)C. The van der Waals surface area contributed by atoms with Crippen molar-refractivity contribution in [1.82, 2.24) is 0 Å². The number of ketones is 2. The van der Waals surface area contributed by atoms with Gasteiger partial charge in [0.15, 0.2) is 11.6 Å². The molecule has 24 heavy (non-hydrogen) atoms. The average molecular weight is 366 g/mol. The molecular weight excluding hydrogens is 338 g/mol. The molecule has 1 N–H and O–H groups in total. The van der Waals surface area contributed by atoms with E-state index in [1.54, 1.807) is 11.9 Å². The second-order valence-electron chi connectivity index (χ2n) is 7.63. The third-order valence-corrected chi connectivity index (χ3v) is 5.56. The van der Waals surface area contributed by atoms with E-state index in [0.717, 1.165) is 20.7 Å². The zero-order valence-electron chi connectivity index (χ0n) is 15.4. The maximum atomic E-state index is 11.6. The van der Waals surface area contributed by atoms with Crippen LogP contribution in [0.3, 0.4) is 0 Å². The molecule has 1 aromatic carbocycles. The Balaban J connectivity index is 0.000000413. The Kier molecular flexibility index (Phi) is 6.91. The van der Waals surface area contributed by atoms with E-state index in [2.05, 4.69) is 36.6 Å². The van der Waals surface area contributed by atoms with Crippen LogP contribution in [-0.4, -0.2) is 22.5 Å². The van der Waals surface area contributed by atoms with Gasteiger partial charge in [0.1, 0.15) is 5.75 Å². The van der Waals surface area contributed by atoms with Gasteiger partial charge in [-0.3, -0.25) is 9.59 Å². The molecule has 5 heteroatoms. The third-order valence-electron chi connectivity index (χ3n) is 4.60. The number of aromatic hydroxyl groups is 1. The van der Waals surface area contributed by atoms with E-state index < -0.39 is 0 Å². The number of rotatable bonds is 2. The molecule has 0 radical (unpaired) electrons. The second kappa shape index (κ2) is 7.89. The van der Waals surface area contributed by atoms with Crippen LogP contribution in [0.1, 0.15) is 75.9 Å². The van der Waals surface area contributed by atoms with Gasteiger partial charge in [0.05, 0.1) is 5.56 Å². The van der Waals surface area contributed by atoms with Gasteiger partial charge in [-0.1, -0.05) is 44.5 Å². The highest BCUT2D eigenvalue weighted by atomic mass is 32.0. The van der Waals surface area contributed by atoms with E-state index in [1.807, 2.05) is 6.07 Å². The molecule has 1 aliphatic rings. The normalized spacial score (nSPS) is 17.6. The molecule has 3 nitrogen and oxygen atoms in total. The van der Waals surface area contributed by atoms with Crippen molar-refractivity contribution in [2.75, 3.05) is 0 Å². The minimum atomic E-state index is -0.0746. The quantitative estimate of drug-likeness (QED) is 0.588. The summed E-state index contributed by atoms with van der Waals surface area (Å²) < 4.78 is 0. The number of benzene rings is 1. The lowest BCUT2D eigenvalue weighted by molar-refractivity contribution is -0.110. The highest BCUT2D eigenvalue weighted by Crippen LogP contribution is 2.47. The summed E-state index contributed by atoms with van der Waals surface area (Å²) in [6.07, 6.45) is 2.21. The first kappa shape index (κ1) is 21.0. The smallest absolute Gasteiger partial charge is 0.163 e. The van der Waals surface area contributed by atoms with E-state index in [4.69, 9.17) is 0 Å². The summed E-state index contributed by atoms with van der Waals surface area (Å²) in [4.78, 5) is 21.5. The number of Topliss-reactive ketones (excluding diaryl/α,β-unsaturated/α-hetero) is 2. The molecule has 2 rings (SSSR count). The van der Waals surface area contributed by atoms with Crippen LogP contribution in [0.5, 0.6) is 5.75 Å². The molecule has 1 aliphatic carbocycles. The standard InChI is InChI=1S/C16H22O2.C3H6OP2/c1-10(17)11-8-12-13(9-14(11)18)16(4,5)7-6-15(12,2)3;1-3(4)2-6-5/h8-9,18H,6-7H2,1-5H3;2H,5H2,1H3. The fourth-order valence-electron chi connectivity index (χ4n) is 2.99. The van der Waals surface area contributed by atoms with E-state index in [-0.39, 0.29) is 28.1 Å². The lowest BCUT2D eigenvalue weighted by Gasteiger charge is -2.42. The number of hydrogen-bond donors (Lipinski definition) is 1. The number of phenols is 1. The van der Waals surface area contributed by atoms with Crippen LogP contribution in [0.25, 0.3) is 0 Å². The Hall–Kier alpha value is -1.04. The van der Waals surface area contributed by atoms with Crippen molar-refractivity contribution in [3.63, 3.8) is 0 Å². The van der Waals surface area contributed by atoms with Gasteiger partial charge in [0.2, 0.25) is 0 Å². The van der Waals surface area contributed by atoms with Crippen LogP contribution in [-0.2, 0) is 15.6 Å². The molecule has 0 spiro atoms. The fraction of sp³-hybridized carbons (Fsp3) is 0.526. The molecule has 0 saturated heterocycles. The first-order chi connectivity index (χ1) is 10.9. The number of phenolic OH excluding ortho intramolecular Hbond substituents is 1. The van der Waals surface area contributed by atoms with Gasteiger partial charge in [0.25, 0.3) is 0 Å². The van der Waals surface area contributed by atoms with Gasteiger partial charge in [-0.15, -0.1) is 0 Å². The van der Waals surface area contributed by atoms with Crippen molar-refractivity contribution >= 4 is 34.2 Å². The minimum Gasteiger partial charge on any atom is -0.507 e. The van der Waals surface area contributed by atoms with Gasteiger partial charge >= 0.3 is 0 Å². The van der Waals surface area contributed by atoms with E-state index >= 15 is 0 Å². The zero-order valence-corrected chi connectivity index (χ0v) is 17.5. The summed E-state index contributed by atoms with van der Waals surface area (Å²) in [6.45, 7) is 11.9. The van der Waals surface area contributed by atoms with Gasteiger partial charge in [-0.05, 0) is 60.8 Å². The largest absolute Gasteiger partial charge is 0.507 e. The summed E-state index contributed by atoms with van der Waals surface area (Å²) in [7, 11) is 3.39. The monoisotopic (exact) mass is 366 g/mol. The van der Waals surface area contributed by atoms with Crippen LogP contribution in [0.15, 0.2) is 12.1 Å². The summed E-state index contributed by atoms with van der Waals surface area (Å²) in [5.74, 6) is 1.76. The molecule has 1 atom stereocenters. The molecule has 0 fully saturated rings. The van der Waals surface area contributed by atoms with Crippen molar-refractivity contribution in [3.8, 4) is 5.75 Å². The Bertz CT molecular complexity index is 673. The van der Waals surface area contributed by atoms with Gasteiger partial charge in [0, 0.05) is 5.80 Å². The number of carbonyl (C=O) groups is 2. The van der Waals surface area contributed by atoms with Crippen LogP contribution in [0.4, 0.5) is 0 Å². The Morgan fingerprint density at radius 1 is 1.08 bits per heavy atom. The predicted molar refractivity (Wildman–Crippen MR) is 107 cm³/mol. The van der Waals surface area contributed by atoms with Crippen molar-refractivity contribution in [3.05, 3.63) is 28.8 Å². The highest BCUT2D eigenvalue weighted by Gasteiger charge is 2.37. The fourth-order valence-corrected chi connectivity index (χ4v) is 3.83. The third kappa shape index (κ3) is 4.98. The summed E-state index contributed by atoms with van der Waals surface area (Å²) in [5.41, 5.74) is 2.97. The Morgan fingerprint density at radius 3 is 1.88 bits per heavy atom. The topological polar surface area (TPSA) is 54.4 Å². The summed E-state index contributed by atoms with van der Waals surface area (Å²) in [6, 6.07) is 3.70. The van der Waals surface area contributed by atoms with Crippen molar-refractivity contribution in [1.29, 1.82) is 0 Å². The Labute approximate surface area is 149 Å². The van der Waals surface area contributed by atoms with Gasteiger partial charge in [-0.2, -0.15) is 0 Å². The van der Waals surface area contributed by atoms with Crippen molar-refractivity contribution in [2.24, 2.45) is 0 Å². The molecule has 0 aromatic heterocycles. The molecule has 132 valence electrons. The van der Waals surface area contributed by atoms with Gasteiger partial charge < -0.3 is 5.11 Å².